The molecule has 1 aliphatic heterocycles. The van der Waals surface area contributed by atoms with Crippen LogP contribution in [0.25, 0.3) is 0 Å². The van der Waals surface area contributed by atoms with Crippen molar-refractivity contribution in [2.24, 2.45) is 0 Å². The fourth-order valence-corrected chi connectivity index (χ4v) is 1.90. The quantitative estimate of drug-likeness (QED) is 0.678. The van der Waals surface area contributed by atoms with Gasteiger partial charge in [-0.15, -0.1) is 0 Å². The van der Waals surface area contributed by atoms with Crippen molar-refractivity contribution in [1.82, 2.24) is 0 Å². The summed E-state index contributed by atoms with van der Waals surface area (Å²) in [6.07, 6.45) is 2.41. The molecule has 0 bridgehead atoms. The molecule has 0 aromatic heterocycles. The van der Waals surface area contributed by atoms with Gasteiger partial charge in [0, 0.05) is 13.6 Å². The van der Waals surface area contributed by atoms with Gasteiger partial charge in [-0.25, -0.2) is 0 Å². The predicted octanol–water partition coefficient (Wildman–Crippen LogP) is 3.70. The molecule has 0 fully saturated rings. The van der Waals surface area contributed by atoms with Gasteiger partial charge in [-0.1, -0.05) is 39.8 Å². The van der Waals surface area contributed by atoms with Crippen LogP contribution in [0.4, 0.5) is 11.4 Å². The Morgan fingerprint density at radius 3 is 2.31 bits per heavy atom. The number of nitrogens with zero attached hydrogens (tertiary/aromatic N) is 1. The Labute approximate surface area is 100 Å². The predicted molar refractivity (Wildman–Crippen MR) is 75.1 cm³/mol. The number of benzene rings is 1. The molecule has 16 heavy (non-hydrogen) atoms. The van der Waals surface area contributed by atoms with Crippen LogP contribution < -0.4 is 10.6 Å². The number of para-hydroxylation sites is 1. The number of fused-ring (bicyclic) bond motifs is 1. The van der Waals surface area contributed by atoms with Crippen LogP contribution in [0.3, 0.4) is 0 Å². The smallest absolute Gasteiger partial charge is 0.0629 e. The van der Waals surface area contributed by atoms with Crippen LogP contribution in [0.2, 0.25) is 0 Å². The summed E-state index contributed by atoms with van der Waals surface area (Å²) in [6, 6.07) is 6.18. The standard InChI is InChI=1S/C10H14N2.2C2H6/c1-12-7-3-5-8-4-2-6-9(11)10(8)12;2*1-2/h2,4,6H,3,5,7,11H2,1H3;2*1-2H3. The number of hydrogen-bond acceptors (Lipinski definition) is 2. The van der Waals surface area contributed by atoms with E-state index >= 15 is 0 Å². The molecule has 1 aliphatic rings. The average Bonchev–Trinajstić information content (AvgIpc) is 2.34. The summed E-state index contributed by atoms with van der Waals surface area (Å²) in [6.45, 7) is 9.13. The highest BCUT2D eigenvalue weighted by atomic mass is 15.1. The first kappa shape index (κ1) is 14.8. The van der Waals surface area contributed by atoms with E-state index in [1.165, 1.54) is 24.1 Å². The van der Waals surface area contributed by atoms with Crippen LogP contribution in [0.1, 0.15) is 39.7 Å². The minimum atomic E-state index is 0.912. The average molecular weight is 222 g/mol. The van der Waals surface area contributed by atoms with E-state index in [1.807, 2.05) is 39.8 Å². The lowest BCUT2D eigenvalue weighted by atomic mass is 10.0. The molecule has 1 aromatic rings. The molecule has 0 radical (unpaired) electrons. The maximum absolute atomic E-state index is 5.89. The van der Waals surface area contributed by atoms with Gasteiger partial charge in [-0.05, 0) is 24.5 Å². The molecule has 0 spiro atoms. The summed E-state index contributed by atoms with van der Waals surface area (Å²) < 4.78 is 0. The molecular weight excluding hydrogens is 196 g/mol. The molecule has 0 unspecified atom stereocenters. The molecule has 0 saturated heterocycles. The molecule has 0 amide bonds. The van der Waals surface area contributed by atoms with Crippen molar-refractivity contribution in [3.05, 3.63) is 23.8 Å². The van der Waals surface area contributed by atoms with E-state index < -0.39 is 0 Å². The van der Waals surface area contributed by atoms with Crippen molar-refractivity contribution in [1.29, 1.82) is 0 Å². The van der Waals surface area contributed by atoms with Crippen LogP contribution in [-0.4, -0.2) is 13.6 Å². The topological polar surface area (TPSA) is 29.3 Å². The lowest BCUT2D eigenvalue weighted by Gasteiger charge is -2.28. The third-order valence-electron chi connectivity index (χ3n) is 2.47. The zero-order valence-electron chi connectivity index (χ0n) is 11.4. The third kappa shape index (κ3) is 3.44. The summed E-state index contributed by atoms with van der Waals surface area (Å²) in [7, 11) is 2.11. The molecule has 0 saturated carbocycles. The first-order valence-electron chi connectivity index (χ1n) is 6.37. The molecule has 2 nitrogen and oxygen atoms in total. The van der Waals surface area contributed by atoms with Gasteiger partial charge in [0.1, 0.15) is 0 Å². The van der Waals surface area contributed by atoms with Crippen molar-refractivity contribution in [2.45, 2.75) is 40.5 Å². The van der Waals surface area contributed by atoms with E-state index in [4.69, 9.17) is 5.73 Å². The van der Waals surface area contributed by atoms with Crippen LogP contribution in [0, 0.1) is 0 Å². The second-order valence-electron chi connectivity index (χ2n) is 3.38. The third-order valence-corrected chi connectivity index (χ3v) is 2.47. The molecular formula is C14H26N2. The fourth-order valence-electron chi connectivity index (χ4n) is 1.90. The SMILES string of the molecule is CC.CC.CN1CCCc2cccc(N)c21. The van der Waals surface area contributed by atoms with E-state index in [-0.39, 0.29) is 0 Å². The van der Waals surface area contributed by atoms with Crippen LogP contribution in [0.5, 0.6) is 0 Å². The highest BCUT2D eigenvalue weighted by Crippen LogP contribution is 2.31. The number of nitrogen functional groups attached to an aromatic ring is 1. The minimum Gasteiger partial charge on any atom is -0.397 e. The van der Waals surface area contributed by atoms with Gasteiger partial charge in [0.2, 0.25) is 0 Å². The van der Waals surface area contributed by atoms with E-state index in [9.17, 15) is 0 Å². The second kappa shape index (κ2) is 8.03. The number of rotatable bonds is 0. The van der Waals surface area contributed by atoms with Crippen molar-refractivity contribution in [3.8, 4) is 0 Å². The van der Waals surface area contributed by atoms with Gasteiger partial charge in [0.25, 0.3) is 0 Å². The summed E-state index contributed by atoms with van der Waals surface area (Å²) in [5.74, 6) is 0. The van der Waals surface area contributed by atoms with Crippen molar-refractivity contribution < 1.29 is 0 Å². The molecule has 2 heteroatoms. The lowest BCUT2D eigenvalue weighted by Crippen LogP contribution is -2.25. The molecule has 0 aliphatic carbocycles. The summed E-state index contributed by atoms with van der Waals surface area (Å²) in [5.41, 5.74) is 9.43. The van der Waals surface area contributed by atoms with Crippen molar-refractivity contribution >= 4 is 11.4 Å². The highest BCUT2D eigenvalue weighted by molar-refractivity contribution is 5.72. The molecule has 1 heterocycles. The normalized spacial score (nSPS) is 12.7. The lowest BCUT2D eigenvalue weighted by molar-refractivity contribution is 0.746. The van der Waals surface area contributed by atoms with Gasteiger partial charge >= 0.3 is 0 Å². The Morgan fingerprint density at radius 1 is 1.12 bits per heavy atom. The van der Waals surface area contributed by atoms with E-state index in [2.05, 4.69) is 18.0 Å². The van der Waals surface area contributed by atoms with Gasteiger partial charge in [0.15, 0.2) is 0 Å². The minimum absolute atomic E-state index is 0.912. The Morgan fingerprint density at radius 2 is 1.75 bits per heavy atom. The number of anilines is 2. The largest absolute Gasteiger partial charge is 0.397 e. The van der Waals surface area contributed by atoms with Crippen molar-refractivity contribution in [3.63, 3.8) is 0 Å². The maximum Gasteiger partial charge on any atom is 0.0629 e. The highest BCUT2D eigenvalue weighted by Gasteiger charge is 2.14. The molecule has 2 N–H and O–H groups in total. The Bertz CT molecular complexity index is 295. The van der Waals surface area contributed by atoms with Gasteiger partial charge < -0.3 is 10.6 Å². The zero-order valence-corrected chi connectivity index (χ0v) is 11.4. The van der Waals surface area contributed by atoms with E-state index in [0.717, 1.165) is 12.2 Å². The van der Waals surface area contributed by atoms with Crippen LogP contribution >= 0.6 is 0 Å². The van der Waals surface area contributed by atoms with E-state index in [1.54, 1.807) is 0 Å². The van der Waals surface area contributed by atoms with Crippen LogP contribution in [-0.2, 0) is 6.42 Å². The first-order chi connectivity index (χ1) is 7.79. The monoisotopic (exact) mass is 222 g/mol. The zero-order chi connectivity index (χ0) is 12.6. The first-order valence-corrected chi connectivity index (χ1v) is 6.37. The molecule has 2 rings (SSSR count). The van der Waals surface area contributed by atoms with Gasteiger partial charge in [-0.2, -0.15) is 0 Å². The summed E-state index contributed by atoms with van der Waals surface area (Å²) in [5, 5.41) is 0. The second-order valence-corrected chi connectivity index (χ2v) is 3.38. The fraction of sp³-hybridized carbons (Fsp3) is 0.571. The number of nitrogens with two attached hydrogens (primary N) is 1. The number of aryl methyl sites for hydroxylation is 1. The number of hydrogen-bond donors (Lipinski definition) is 1. The molecule has 1 aromatic carbocycles. The Hall–Kier alpha value is -1.18. The van der Waals surface area contributed by atoms with Gasteiger partial charge in [-0.3, -0.25) is 0 Å². The van der Waals surface area contributed by atoms with Gasteiger partial charge in [0.05, 0.1) is 11.4 Å². The summed E-state index contributed by atoms with van der Waals surface area (Å²) >= 11 is 0. The summed E-state index contributed by atoms with van der Waals surface area (Å²) in [4.78, 5) is 2.24. The Balaban J connectivity index is 0.000000509. The Kier molecular flexibility index (Phi) is 7.44. The molecule has 0 atom stereocenters. The molecule has 92 valence electrons. The van der Waals surface area contributed by atoms with Crippen LogP contribution in [0.15, 0.2) is 18.2 Å². The maximum atomic E-state index is 5.89. The van der Waals surface area contributed by atoms with Crippen molar-refractivity contribution in [2.75, 3.05) is 24.2 Å². The van der Waals surface area contributed by atoms with E-state index in [0.29, 0.717) is 0 Å².